The smallest absolute Gasteiger partial charge is 0.189 e. The van der Waals surface area contributed by atoms with E-state index in [0.717, 1.165) is 11.1 Å². The second-order valence-electron chi connectivity index (χ2n) is 6.62. The largest absolute Gasteiger partial charge is 0.545 e. The molecule has 26 heavy (non-hydrogen) atoms. The second kappa shape index (κ2) is 6.14. The first kappa shape index (κ1) is 16.6. The van der Waals surface area contributed by atoms with Crippen LogP contribution in [0.15, 0.2) is 24.3 Å². The van der Waals surface area contributed by atoms with Gasteiger partial charge in [0.15, 0.2) is 12.6 Å². The van der Waals surface area contributed by atoms with Crippen molar-refractivity contribution in [3.05, 3.63) is 57.6 Å². The van der Waals surface area contributed by atoms with Crippen molar-refractivity contribution >= 4 is 11.8 Å². The molecule has 4 rings (SSSR count). The molecule has 0 fully saturated rings. The minimum absolute atomic E-state index is 0.00906. The van der Waals surface area contributed by atoms with Crippen LogP contribution in [0.25, 0.3) is 0 Å². The van der Waals surface area contributed by atoms with Crippen LogP contribution < -0.4 is 14.6 Å². The predicted octanol–water partition coefficient (Wildman–Crippen LogP) is 2.24. The van der Waals surface area contributed by atoms with Gasteiger partial charge in [0.25, 0.3) is 0 Å². The topological polar surface area (TPSA) is 84.9 Å². The minimum Gasteiger partial charge on any atom is -0.545 e. The van der Waals surface area contributed by atoms with Gasteiger partial charge in [0.2, 0.25) is 0 Å². The standard InChI is InChI=1S/C20H18O6/c1-10-3-14-16(21)7-18(26-17(14)4-11(10)2)15-6-12(20(22)23)5-13-8-24-9-25-19(13)15/h3-6,18H,7-9H2,1-2H3,(H,22,23)/p-1/t18-/m1/s1. The van der Waals surface area contributed by atoms with Crippen molar-refractivity contribution in [2.75, 3.05) is 6.79 Å². The summed E-state index contributed by atoms with van der Waals surface area (Å²) in [7, 11) is 0. The Kier molecular flexibility index (Phi) is 3.92. The first-order chi connectivity index (χ1) is 12.4. The quantitative estimate of drug-likeness (QED) is 0.823. The molecule has 2 aliphatic rings. The molecule has 2 aromatic carbocycles. The molecule has 0 bridgehead atoms. The zero-order chi connectivity index (χ0) is 18.4. The molecular formula is C20H17O6-. The number of aromatic carboxylic acids is 1. The van der Waals surface area contributed by atoms with E-state index >= 15 is 0 Å². The molecule has 134 valence electrons. The highest BCUT2D eigenvalue weighted by Crippen LogP contribution is 2.41. The fraction of sp³-hybridized carbons (Fsp3) is 0.300. The molecule has 6 nitrogen and oxygen atoms in total. The van der Waals surface area contributed by atoms with Gasteiger partial charge in [-0.05, 0) is 54.8 Å². The van der Waals surface area contributed by atoms with E-state index in [0.29, 0.717) is 28.2 Å². The number of carboxylic acids is 1. The van der Waals surface area contributed by atoms with Gasteiger partial charge in [-0.1, -0.05) is 0 Å². The second-order valence-corrected chi connectivity index (χ2v) is 6.62. The number of aryl methyl sites for hydroxylation is 2. The molecule has 0 unspecified atom stereocenters. The Morgan fingerprint density at radius 1 is 1.15 bits per heavy atom. The predicted molar refractivity (Wildman–Crippen MR) is 89.3 cm³/mol. The van der Waals surface area contributed by atoms with Crippen LogP contribution in [-0.4, -0.2) is 18.5 Å². The Balaban J connectivity index is 1.80. The molecule has 0 radical (unpaired) electrons. The highest BCUT2D eigenvalue weighted by Gasteiger charge is 2.32. The number of benzene rings is 2. The molecule has 1 atom stereocenters. The number of hydrogen-bond donors (Lipinski definition) is 0. The lowest BCUT2D eigenvalue weighted by Crippen LogP contribution is -2.26. The zero-order valence-electron chi connectivity index (χ0n) is 14.5. The summed E-state index contributed by atoms with van der Waals surface area (Å²) in [6.45, 7) is 4.20. The first-order valence-corrected chi connectivity index (χ1v) is 8.34. The average Bonchev–Trinajstić information content (AvgIpc) is 2.62. The fourth-order valence-electron chi connectivity index (χ4n) is 3.36. The van der Waals surface area contributed by atoms with Crippen LogP contribution in [0, 0.1) is 13.8 Å². The minimum atomic E-state index is -1.30. The van der Waals surface area contributed by atoms with Crippen LogP contribution in [0.5, 0.6) is 11.5 Å². The summed E-state index contributed by atoms with van der Waals surface area (Å²) in [5, 5.41) is 11.4. The van der Waals surface area contributed by atoms with Gasteiger partial charge in [0.05, 0.1) is 24.6 Å². The van der Waals surface area contributed by atoms with Crippen molar-refractivity contribution in [3.8, 4) is 11.5 Å². The van der Waals surface area contributed by atoms with E-state index in [1.165, 1.54) is 12.1 Å². The average molecular weight is 353 g/mol. The summed E-state index contributed by atoms with van der Waals surface area (Å²) in [4.78, 5) is 24.0. The van der Waals surface area contributed by atoms with Crippen molar-refractivity contribution in [2.45, 2.75) is 33.0 Å². The summed E-state index contributed by atoms with van der Waals surface area (Å²) in [6.07, 6.45) is -0.508. The van der Waals surface area contributed by atoms with Crippen LogP contribution >= 0.6 is 0 Å². The van der Waals surface area contributed by atoms with Crippen molar-refractivity contribution in [3.63, 3.8) is 0 Å². The normalized spacial score (nSPS) is 18.4. The van der Waals surface area contributed by atoms with E-state index < -0.39 is 12.1 Å². The maximum absolute atomic E-state index is 12.6. The molecule has 0 N–H and O–H groups in total. The van der Waals surface area contributed by atoms with Gasteiger partial charge in [-0.15, -0.1) is 0 Å². The molecule has 0 aromatic heterocycles. The molecule has 0 saturated carbocycles. The van der Waals surface area contributed by atoms with Gasteiger partial charge in [0.1, 0.15) is 17.6 Å². The third-order valence-electron chi connectivity index (χ3n) is 4.86. The summed E-state index contributed by atoms with van der Waals surface area (Å²) >= 11 is 0. The number of carbonyl (C=O) groups excluding carboxylic acids is 2. The Morgan fingerprint density at radius 3 is 2.69 bits per heavy atom. The van der Waals surface area contributed by atoms with Gasteiger partial charge in [0, 0.05) is 11.1 Å². The lowest BCUT2D eigenvalue weighted by molar-refractivity contribution is -0.255. The number of ketones is 1. The monoisotopic (exact) mass is 353 g/mol. The van der Waals surface area contributed by atoms with E-state index in [1.807, 2.05) is 26.0 Å². The Morgan fingerprint density at radius 2 is 1.92 bits per heavy atom. The van der Waals surface area contributed by atoms with E-state index in [-0.39, 0.29) is 31.2 Å². The number of fused-ring (bicyclic) bond motifs is 2. The molecule has 0 amide bonds. The Hall–Kier alpha value is -2.86. The number of rotatable bonds is 2. The molecule has 0 saturated heterocycles. The Bertz CT molecular complexity index is 930. The molecule has 0 aliphatic carbocycles. The number of carbonyl (C=O) groups is 2. The van der Waals surface area contributed by atoms with E-state index in [2.05, 4.69) is 0 Å². The lowest BCUT2D eigenvalue weighted by Gasteiger charge is -2.30. The number of Topliss-reactive ketones (excluding diaryl/α,β-unsaturated/α-hetero) is 1. The third-order valence-corrected chi connectivity index (χ3v) is 4.86. The Labute approximate surface area is 150 Å². The maximum atomic E-state index is 12.6. The highest BCUT2D eigenvalue weighted by molar-refractivity contribution is 6.00. The van der Waals surface area contributed by atoms with E-state index in [1.54, 1.807) is 0 Å². The lowest BCUT2D eigenvalue weighted by atomic mass is 9.91. The molecule has 6 heteroatoms. The van der Waals surface area contributed by atoms with Crippen LogP contribution in [0.4, 0.5) is 0 Å². The molecule has 2 heterocycles. The summed E-state index contributed by atoms with van der Waals surface area (Å²) in [5.74, 6) is -0.312. The van der Waals surface area contributed by atoms with E-state index in [4.69, 9.17) is 14.2 Å². The molecule has 2 aromatic rings. The van der Waals surface area contributed by atoms with Crippen LogP contribution in [0.1, 0.15) is 55.5 Å². The SMILES string of the molecule is Cc1cc2c(cc1C)C(=O)C[C@H](c1cc(C(=O)[O-])cc3c1OCOC3)O2. The molecule has 0 spiro atoms. The maximum Gasteiger partial charge on any atom is 0.189 e. The van der Waals surface area contributed by atoms with Gasteiger partial charge < -0.3 is 24.1 Å². The summed E-state index contributed by atoms with van der Waals surface area (Å²) in [5.41, 5.74) is 3.74. The summed E-state index contributed by atoms with van der Waals surface area (Å²) < 4.78 is 16.9. The van der Waals surface area contributed by atoms with Crippen molar-refractivity contribution in [1.82, 2.24) is 0 Å². The number of carboxylic acid groups (broad SMARTS) is 1. The number of ether oxygens (including phenoxy) is 3. The van der Waals surface area contributed by atoms with Crippen LogP contribution in [-0.2, 0) is 11.3 Å². The van der Waals surface area contributed by atoms with Crippen molar-refractivity contribution < 1.29 is 28.9 Å². The van der Waals surface area contributed by atoms with Gasteiger partial charge in [-0.25, -0.2) is 0 Å². The van der Waals surface area contributed by atoms with Crippen molar-refractivity contribution in [2.24, 2.45) is 0 Å². The van der Waals surface area contributed by atoms with Crippen LogP contribution in [0.3, 0.4) is 0 Å². The first-order valence-electron chi connectivity index (χ1n) is 8.34. The van der Waals surface area contributed by atoms with Gasteiger partial charge in [-0.2, -0.15) is 0 Å². The molecular weight excluding hydrogens is 336 g/mol. The van der Waals surface area contributed by atoms with Gasteiger partial charge >= 0.3 is 0 Å². The highest BCUT2D eigenvalue weighted by atomic mass is 16.7. The third kappa shape index (κ3) is 2.72. The zero-order valence-corrected chi connectivity index (χ0v) is 14.5. The van der Waals surface area contributed by atoms with Crippen molar-refractivity contribution in [1.29, 1.82) is 0 Å². The fourth-order valence-corrected chi connectivity index (χ4v) is 3.36. The number of hydrogen-bond acceptors (Lipinski definition) is 6. The molecule has 2 aliphatic heterocycles. The van der Waals surface area contributed by atoms with E-state index in [9.17, 15) is 14.7 Å². The van der Waals surface area contributed by atoms with Gasteiger partial charge in [-0.3, -0.25) is 4.79 Å². The summed E-state index contributed by atoms with van der Waals surface area (Å²) in [6, 6.07) is 6.61. The van der Waals surface area contributed by atoms with Crippen LogP contribution in [0.2, 0.25) is 0 Å².